The Hall–Kier alpha value is -3.36. The van der Waals surface area contributed by atoms with Crippen LogP contribution in [0.25, 0.3) is 0 Å². The van der Waals surface area contributed by atoms with Crippen molar-refractivity contribution in [2.24, 2.45) is 0 Å². The molecule has 0 radical (unpaired) electrons. The Labute approximate surface area is 203 Å². The van der Waals surface area contributed by atoms with Crippen molar-refractivity contribution in [2.75, 3.05) is 53.4 Å². The van der Waals surface area contributed by atoms with E-state index in [0.29, 0.717) is 40.2 Å². The number of benzene rings is 2. The fraction of sp³-hybridized carbons (Fsp3) is 0.320. The first-order valence-corrected chi connectivity index (χ1v) is 11.9. The van der Waals surface area contributed by atoms with E-state index < -0.39 is 0 Å². The Morgan fingerprint density at radius 1 is 1.12 bits per heavy atom. The maximum absolute atomic E-state index is 13.2. The van der Waals surface area contributed by atoms with Gasteiger partial charge in [0.05, 0.1) is 17.4 Å². The number of carbonyl (C=O) groups excluding carboxylic acids is 1. The highest BCUT2D eigenvalue weighted by Crippen LogP contribution is 2.39. The van der Waals surface area contributed by atoms with Crippen LogP contribution in [0.3, 0.4) is 0 Å². The van der Waals surface area contributed by atoms with E-state index in [1.807, 2.05) is 42.3 Å². The molecule has 1 aliphatic carbocycles. The lowest BCUT2D eigenvalue weighted by Gasteiger charge is -2.35. The summed E-state index contributed by atoms with van der Waals surface area (Å²) in [7, 11) is 1.90. The minimum atomic E-state index is -0.165. The highest BCUT2D eigenvalue weighted by molar-refractivity contribution is 6.34. The van der Waals surface area contributed by atoms with Crippen molar-refractivity contribution < 1.29 is 4.79 Å². The third-order valence-corrected chi connectivity index (χ3v) is 7.14. The van der Waals surface area contributed by atoms with Crippen molar-refractivity contribution in [3.8, 4) is 0 Å². The van der Waals surface area contributed by atoms with Crippen molar-refractivity contribution >= 4 is 46.3 Å². The third kappa shape index (κ3) is 3.82. The number of nitrogens with one attached hydrogen (secondary N) is 2. The van der Waals surface area contributed by atoms with Gasteiger partial charge in [0.25, 0.3) is 5.91 Å². The van der Waals surface area contributed by atoms with Gasteiger partial charge >= 0.3 is 0 Å². The Balaban J connectivity index is 1.19. The number of piperazine rings is 1. The molecule has 1 saturated heterocycles. The van der Waals surface area contributed by atoms with E-state index in [2.05, 4.69) is 37.6 Å². The summed E-state index contributed by atoms with van der Waals surface area (Å²) in [4.78, 5) is 28.2. The van der Waals surface area contributed by atoms with Gasteiger partial charge in [0.15, 0.2) is 0 Å². The summed E-state index contributed by atoms with van der Waals surface area (Å²) in [5.74, 6) is 0.885. The second-order valence-electron chi connectivity index (χ2n) is 9.26. The van der Waals surface area contributed by atoms with Gasteiger partial charge < -0.3 is 20.4 Å². The van der Waals surface area contributed by atoms with Gasteiger partial charge in [-0.25, -0.2) is 4.98 Å². The fourth-order valence-corrected chi connectivity index (χ4v) is 5.00. The summed E-state index contributed by atoms with van der Waals surface area (Å²) in [6.07, 6.45) is 4.12. The number of para-hydroxylation sites is 1. The summed E-state index contributed by atoms with van der Waals surface area (Å²) in [5, 5.41) is 7.46. The monoisotopic (exact) mass is 475 g/mol. The Kier molecular flexibility index (Phi) is 5.08. The van der Waals surface area contributed by atoms with Crippen LogP contribution >= 0.6 is 11.6 Å². The van der Waals surface area contributed by atoms with E-state index in [9.17, 15) is 4.79 Å². The van der Waals surface area contributed by atoms with Crippen molar-refractivity contribution in [2.45, 2.75) is 18.4 Å². The molecule has 1 amide bonds. The Morgan fingerprint density at radius 3 is 2.68 bits per heavy atom. The zero-order valence-electron chi connectivity index (χ0n) is 19.0. The van der Waals surface area contributed by atoms with Crippen LogP contribution in [0.5, 0.6) is 0 Å². The van der Waals surface area contributed by atoms with Crippen LogP contribution in [0.2, 0.25) is 5.02 Å². The number of aromatic nitrogens is 2. The van der Waals surface area contributed by atoms with Gasteiger partial charge in [-0.2, -0.15) is 4.98 Å². The van der Waals surface area contributed by atoms with E-state index in [1.165, 1.54) is 18.5 Å². The largest absolute Gasteiger partial charge is 0.368 e. The van der Waals surface area contributed by atoms with Crippen LogP contribution in [0, 0.1) is 0 Å². The minimum absolute atomic E-state index is 0.165. The van der Waals surface area contributed by atoms with Gasteiger partial charge in [0.1, 0.15) is 11.4 Å². The molecule has 34 heavy (non-hydrogen) atoms. The first-order chi connectivity index (χ1) is 16.5. The number of anilines is 5. The first-order valence-electron chi connectivity index (χ1n) is 11.5. The number of hydrogen-bond donors (Lipinski definition) is 2. The molecule has 1 saturated carbocycles. The summed E-state index contributed by atoms with van der Waals surface area (Å²) in [6.45, 7) is 3.48. The molecule has 3 aromatic rings. The normalized spacial score (nSPS) is 18.8. The van der Waals surface area contributed by atoms with Gasteiger partial charge in [-0.15, -0.1) is 0 Å². The van der Waals surface area contributed by atoms with Crippen molar-refractivity contribution in [3.05, 3.63) is 65.3 Å². The van der Waals surface area contributed by atoms with Crippen LogP contribution < -0.4 is 25.3 Å². The summed E-state index contributed by atoms with van der Waals surface area (Å²) in [6, 6.07) is 15.7. The summed E-state index contributed by atoms with van der Waals surface area (Å²) in [5.41, 5.74) is 3.60. The maximum atomic E-state index is 13.2. The SMILES string of the molecule is CN1CN(c2ccccc2Cl)C(=O)c2cnc(Nc3ccc(N4CCNC5(CC5)C4)cc3)nc21. The molecular weight excluding hydrogens is 450 g/mol. The molecule has 2 aromatic carbocycles. The molecule has 2 fully saturated rings. The summed E-state index contributed by atoms with van der Waals surface area (Å²) >= 11 is 6.33. The zero-order valence-corrected chi connectivity index (χ0v) is 19.7. The molecule has 8 nitrogen and oxygen atoms in total. The number of amides is 1. The van der Waals surface area contributed by atoms with Gasteiger partial charge in [-0.1, -0.05) is 23.7 Å². The van der Waals surface area contributed by atoms with Crippen LogP contribution in [0.1, 0.15) is 23.2 Å². The van der Waals surface area contributed by atoms with E-state index >= 15 is 0 Å². The quantitative estimate of drug-likeness (QED) is 0.593. The van der Waals surface area contributed by atoms with E-state index in [1.54, 1.807) is 17.2 Å². The lowest BCUT2D eigenvalue weighted by Crippen LogP contribution is -2.52. The predicted molar refractivity (Wildman–Crippen MR) is 135 cm³/mol. The maximum Gasteiger partial charge on any atom is 0.265 e. The van der Waals surface area contributed by atoms with Gasteiger partial charge in [0, 0.05) is 49.8 Å². The average Bonchev–Trinajstić information content (AvgIpc) is 3.60. The molecule has 1 spiro atoms. The molecule has 1 aromatic heterocycles. The van der Waals surface area contributed by atoms with Gasteiger partial charge in [0.2, 0.25) is 5.95 Å². The number of halogens is 1. The number of nitrogens with zero attached hydrogens (tertiary/aromatic N) is 5. The molecule has 3 heterocycles. The first kappa shape index (κ1) is 21.2. The van der Waals surface area contributed by atoms with Crippen LogP contribution in [0.15, 0.2) is 54.7 Å². The van der Waals surface area contributed by atoms with Crippen molar-refractivity contribution in [1.29, 1.82) is 0 Å². The smallest absolute Gasteiger partial charge is 0.265 e. The van der Waals surface area contributed by atoms with E-state index in [4.69, 9.17) is 11.6 Å². The predicted octanol–water partition coefficient (Wildman–Crippen LogP) is 3.87. The topological polar surface area (TPSA) is 76.6 Å². The Bertz CT molecular complexity index is 1240. The minimum Gasteiger partial charge on any atom is -0.368 e. The van der Waals surface area contributed by atoms with Crippen LogP contribution in [-0.4, -0.2) is 54.8 Å². The Morgan fingerprint density at radius 2 is 1.91 bits per heavy atom. The lowest BCUT2D eigenvalue weighted by atomic mass is 10.1. The van der Waals surface area contributed by atoms with Crippen molar-refractivity contribution in [1.82, 2.24) is 15.3 Å². The lowest BCUT2D eigenvalue weighted by molar-refractivity contribution is 0.0982. The molecule has 2 aliphatic heterocycles. The third-order valence-electron chi connectivity index (χ3n) is 6.82. The molecule has 0 bridgehead atoms. The van der Waals surface area contributed by atoms with E-state index in [-0.39, 0.29) is 5.91 Å². The van der Waals surface area contributed by atoms with Crippen LogP contribution in [0.4, 0.5) is 28.8 Å². The van der Waals surface area contributed by atoms with E-state index in [0.717, 1.165) is 25.3 Å². The number of rotatable bonds is 4. The molecule has 3 aliphatic rings. The molecule has 0 unspecified atom stereocenters. The summed E-state index contributed by atoms with van der Waals surface area (Å²) < 4.78 is 0. The standard InChI is InChI=1S/C25H26ClN7O/c1-31-16-33(21-5-3-2-4-20(21)26)23(34)19-14-27-24(30-22(19)31)29-17-6-8-18(9-7-17)32-13-12-28-25(15-32)10-11-25/h2-9,14,28H,10-13,15-16H2,1H3,(H,27,29,30). The van der Waals surface area contributed by atoms with Gasteiger partial charge in [-0.3, -0.25) is 9.69 Å². The second-order valence-corrected chi connectivity index (χ2v) is 9.66. The zero-order chi connectivity index (χ0) is 23.3. The second kappa shape index (κ2) is 8.14. The number of fused-ring (bicyclic) bond motifs is 1. The molecule has 0 atom stereocenters. The number of hydrogen-bond acceptors (Lipinski definition) is 7. The molecule has 6 rings (SSSR count). The highest BCUT2D eigenvalue weighted by Gasteiger charge is 2.45. The fourth-order valence-electron chi connectivity index (χ4n) is 4.77. The van der Waals surface area contributed by atoms with Crippen molar-refractivity contribution in [3.63, 3.8) is 0 Å². The molecular formula is C25H26ClN7O. The number of carbonyl (C=O) groups is 1. The average molecular weight is 476 g/mol. The van der Waals surface area contributed by atoms with Crippen LogP contribution in [-0.2, 0) is 0 Å². The molecule has 174 valence electrons. The molecule has 2 N–H and O–H groups in total. The highest BCUT2D eigenvalue weighted by atomic mass is 35.5. The van der Waals surface area contributed by atoms with Gasteiger partial charge in [-0.05, 0) is 49.2 Å². The molecule has 9 heteroatoms.